The van der Waals surface area contributed by atoms with Crippen LogP contribution in [0.3, 0.4) is 0 Å². The van der Waals surface area contributed by atoms with Gasteiger partial charge in [-0.25, -0.2) is 0 Å². The number of hydrogen-bond acceptors (Lipinski definition) is 4. The van der Waals surface area contributed by atoms with Crippen LogP contribution in [-0.2, 0) is 32.7 Å². The standard InChI is InChI=1S/2C6H15OSi.2C2H5O.Zr/c2*1-4-8(7,5-2)6-3;2*1-2-3;/h2*4-6H2,1-3H3;2*2H2,1H3;/q4*-1;+4. The van der Waals surface area contributed by atoms with Crippen molar-refractivity contribution in [3.63, 3.8) is 0 Å². The zero-order valence-electron chi connectivity index (χ0n) is 16.8. The molecule has 0 saturated carbocycles. The van der Waals surface area contributed by atoms with Crippen molar-refractivity contribution in [3.8, 4) is 0 Å². The van der Waals surface area contributed by atoms with Crippen molar-refractivity contribution >= 4 is 16.6 Å². The quantitative estimate of drug-likeness (QED) is 0.312. The molecule has 0 N–H and O–H groups in total. The van der Waals surface area contributed by atoms with E-state index in [1.54, 1.807) is 0 Å². The third-order valence-corrected chi connectivity index (χ3v) is 27.5. The Morgan fingerprint density at radius 1 is 0.522 bits per heavy atom. The topological polar surface area (TPSA) is 36.9 Å². The first kappa shape index (κ1) is 24.2. The molecule has 23 heavy (non-hydrogen) atoms. The van der Waals surface area contributed by atoms with Crippen LogP contribution in [-0.4, -0.2) is 29.8 Å². The molecule has 0 aromatic heterocycles. The average Bonchev–Trinajstić information content (AvgIpc) is 2.58. The normalized spacial score (nSPS) is 13.6. The molecule has 0 saturated heterocycles. The first-order valence-corrected chi connectivity index (χ1v) is 18.7. The van der Waals surface area contributed by atoms with Gasteiger partial charge in [0.2, 0.25) is 0 Å². The molecule has 4 nitrogen and oxygen atoms in total. The summed E-state index contributed by atoms with van der Waals surface area (Å²) < 4.78 is 26.1. The number of rotatable bonds is 14. The Balaban J connectivity index is 5.70. The van der Waals surface area contributed by atoms with Gasteiger partial charge in [-0.2, -0.15) is 0 Å². The second-order valence-corrected chi connectivity index (χ2v) is 22.3. The Kier molecular flexibility index (Phi) is 12.3. The summed E-state index contributed by atoms with van der Waals surface area (Å²) >= 11 is -3.97. The Labute approximate surface area is 153 Å². The van der Waals surface area contributed by atoms with Crippen molar-refractivity contribution in [2.24, 2.45) is 0 Å². The van der Waals surface area contributed by atoms with Crippen molar-refractivity contribution in [3.05, 3.63) is 0 Å². The van der Waals surface area contributed by atoms with Crippen molar-refractivity contribution in [2.75, 3.05) is 13.2 Å². The van der Waals surface area contributed by atoms with Crippen LogP contribution in [0.15, 0.2) is 0 Å². The molecule has 0 rings (SSSR count). The van der Waals surface area contributed by atoms with E-state index >= 15 is 0 Å². The van der Waals surface area contributed by atoms with Gasteiger partial charge in [0.1, 0.15) is 0 Å². The Hall–Kier alpha value is 1.16. The summed E-state index contributed by atoms with van der Waals surface area (Å²) in [5, 5.41) is 0. The van der Waals surface area contributed by atoms with Crippen molar-refractivity contribution < 1.29 is 32.7 Å². The molecule has 7 heteroatoms. The second kappa shape index (κ2) is 11.7. The van der Waals surface area contributed by atoms with Gasteiger partial charge in [0, 0.05) is 0 Å². The molecule has 0 radical (unpaired) electrons. The van der Waals surface area contributed by atoms with Crippen LogP contribution in [0.25, 0.3) is 0 Å². The summed E-state index contributed by atoms with van der Waals surface area (Å²) in [6.07, 6.45) is 0. The van der Waals surface area contributed by atoms with E-state index in [-0.39, 0.29) is 0 Å². The molecule has 0 unspecified atom stereocenters. The summed E-state index contributed by atoms with van der Waals surface area (Å²) in [5.74, 6) is 0. The van der Waals surface area contributed by atoms with Crippen LogP contribution in [0, 0.1) is 0 Å². The SMILES string of the molecule is CC[O][Zr]([O]CC)([O][Si](CC)(CC)CC)[O][Si](CC)(CC)CC. The van der Waals surface area contributed by atoms with Gasteiger partial charge in [0.15, 0.2) is 0 Å². The second-order valence-electron chi connectivity index (χ2n) is 6.06. The molecule has 0 atom stereocenters. The Bertz CT molecular complexity index is 264. The maximum absolute atomic E-state index is 6.83. The fourth-order valence-electron chi connectivity index (χ4n) is 3.00. The van der Waals surface area contributed by atoms with Crippen molar-refractivity contribution in [1.29, 1.82) is 0 Å². The summed E-state index contributed by atoms with van der Waals surface area (Å²) in [6, 6.07) is 6.59. The number of hydrogen-bond donors (Lipinski definition) is 0. The molecule has 0 bridgehead atoms. The molecule has 0 aliphatic carbocycles. The zero-order valence-corrected chi connectivity index (χ0v) is 21.2. The monoisotopic (exact) mass is 442 g/mol. The van der Waals surface area contributed by atoms with Gasteiger partial charge in [0.05, 0.1) is 0 Å². The molecule has 0 amide bonds. The van der Waals surface area contributed by atoms with E-state index in [4.69, 9.17) is 10.6 Å². The molecule has 0 aliphatic rings. The predicted octanol–water partition coefficient (Wildman–Crippen LogP) is 5.92. The van der Waals surface area contributed by atoms with Gasteiger partial charge in [-0.15, -0.1) is 0 Å². The summed E-state index contributed by atoms with van der Waals surface area (Å²) in [5.41, 5.74) is 0. The Morgan fingerprint density at radius 3 is 0.957 bits per heavy atom. The van der Waals surface area contributed by atoms with Gasteiger partial charge < -0.3 is 0 Å². The van der Waals surface area contributed by atoms with Gasteiger partial charge in [-0.05, 0) is 0 Å². The molecule has 140 valence electrons. The summed E-state index contributed by atoms with van der Waals surface area (Å²) in [6.45, 7) is 18.8. The van der Waals surface area contributed by atoms with E-state index in [0.717, 1.165) is 36.3 Å². The van der Waals surface area contributed by atoms with Gasteiger partial charge in [-0.3, -0.25) is 0 Å². The molecular weight excluding hydrogens is 404 g/mol. The molecule has 0 aliphatic heterocycles. The van der Waals surface area contributed by atoms with E-state index < -0.39 is 38.7 Å². The van der Waals surface area contributed by atoms with Crippen LogP contribution >= 0.6 is 0 Å². The fraction of sp³-hybridized carbons (Fsp3) is 1.00. The van der Waals surface area contributed by atoms with Crippen LogP contribution < -0.4 is 0 Å². The van der Waals surface area contributed by atoms with E-state index in [1.165, 1.54) is 0 Å². The first-order valence-electron chi connectivity index (χ1n) is 9.58. The van der Waals surface area contributed by atoms with E-state index in [9.17, 15) is 0 Å². The summed E-state index contributed by atoms with van der Waals surface area (Å²) in [7, 11) is -3.65. The van der Waals surface area contributed by atoms with Crippen molar-refractivity contribution in [2.45, 2.75) is 91.7 Å². The van der Waals surface area contributed by atoms with E-state index in [0.29, 0.717) is 13.2 Å². The third kappa shape index (κ3) is 6.76. The zero-order chi connectivity index (χ0) is 18.0. The van der Waals surface area contributed by atoms with Crippen LogP contribution in [0.2, 0.25) is 36.3 Å². The molecule has 0 spiro atoms. The van der Waals surface area contributed by atoms with Gasteiger partial charge >= 0.3 is 154 Å². The molecule has 0 aromatic rings. The molecular formula is C16H40O4Si2Zr. The van der Waals surface area contributed by atoms with Crippen LogP contribution in [0.4, 0.5) is 0 Å². The third-order valence-electron chi connectivity index (χ3n) is 5.19. The Morgan fingerprint density at radius 2 is 0.783 bits per heavy atom. The van der Waals surface area contributed by atoms with Gasteiger partial charge in [0.25, 0.3) is 0 Å². The maximum atomic E-state index is 6.83. The van der Waals surface area contributed by atoms with E-state index in [1.807, 2.05) is 13.8 Å². The van der Waals surface area contributed by atoms with Crippen molar-refractivity contribution in [1.82, 2.24) is 0 Å². The molecule has 0 aromatic carbocycles. The summed E-state index contributed by atoms with van der Waals surface area (Å²) in [4.78, 5) is 0. The molecule has 0 fully saturated rings. The minimum atomic E-state index is -3.97. The minimum absolute atomic E-state index is 0.610. The van der Waals surface area contributed by atoms with E-state index in [2.05, 4.69) is 41.5 Å². The molecule has 0 heterocycles. The predicted molar refractivity (Wildman–Crippen MR) is 99.8 cm³/mol. The van der Waals surface area contributed by atoms with Crippen LogP contribution in [0.5, 0.6) is 0 Å². The first-order chi connectivity index (χ1) is 10.9. The fourth-order valence-corrected chi connectivity index (χ4v) is 27.1. The van der Waals surface area contributed by atoms with Crippen LogP contribution in [0.1, 0.15) is 55.4 Å². The van der Waals surface area contributed by atoms with Gasteiger partial charge in [-0.1, -0.05) is 0 Å². The average molecular weight is 444 g/mol.